The molecule has 0 saturated heterocycles. The number of carbonyl (C=O) groups excluding carboxylic acids is 1. The zero-order valence-electron chi connectivity index (χ0n) is 10.5. The molecule has 4 N–H and O–H groups in total. The minimum atomic E-state index is -0.642. The van der Waals surface area contributed by atoms with Gasteiger partial charge in [-0.3, -0.25) is 4.79 Å². The van der Waals surface area contributed by atoms with Crippen LogP contribution in [0.15, 0.2) is 24.3 Å². The van der Waals surface area contributed by atoms with E-state index in [0.717, 1.165) is 30.5 Å². The Morgan fingerprint density at radius 3 is 2.56 bits per heavy atom. The van der Waals surface area contributed by atoms with Gasteiger partial charge >= 0.3 is 0 Å². The maximum Gasteiger partial charge on any atom is 0.220 e. The van der Waals surface area contributed by atoms with Crippen LogP contribution in [0.4, 0.5) is 5.69 Å². The van der Waals surface area contributed by atoms with E-state index < -0.39 is 5.60 Å². The maximum atomic E-state index is 11.6. The highest BCUT2D eigenvalue weighted by molar-refractivity contribution is 5.76. The lowest BCUT2D eigenvalue weighted by Gasteiger charge is -2.36. The summed E-state index contributed by atoms with van der Waals surface area (Å²) in [5.74, 6) is -0.00727. The molecule has 0 aliphatic heterocycles. The van der Waals surface area contributed by atoms with Crippen LogP contribution in [0.25, 0.3) is 0 Å². The molecule has 0 aromatic heterocycles. The van der Waals surface area contributed by atoms with E-state index in [0.29, 0.717) is 19.4 Å². The van der Waals surface area contributed by atoms with E-state index in [1.807, 2.05) is 24.3 Å². The molecule has 0 bridgehead atoms. The Balaban J connectivity index is 1.69. The number of benzene rings is 1. The van der Waals surface area contributed by atoms with Crippen molar-refractivity contribution in [3.8, 4) is 0 Å². The van der Waals surface area contributed by atoms with E-state index in [9.17, 15) is 9.90 Å². The minimum Gasteiger partial charge on any atom is -0.399 e. The predicted octanol–water partition coefficient (Wildman–Crippen LogP) is 1.23. The first kappa shape index (κ1) is 12.9. The van der Waals surface area contributed by atoms with Crippen molar-refractivity contribution in [3.05, 3.63) is 29.8 Å². The predicted molar refractivity (Wildman–Crippen MR) is 71.0 cm³/mol. The molecular formula is C14H20N2O2. The summed E-state index contributed by atoms with van der Waals surface area (Å²) < 4.78 is 0. The van der Waals surface area contributed by atoms with Crippen molar-refractivity contribution in [3.63, 3.8) is 0 Å². The van der Waals surface area contributed by atoms with Crippen LogP contribution in [0.2, 0.25) is 0 Å². The van der Waals surface area contributed by atoms with E-state index in [-0.39, 0.29) is 5.91 Å². The van der Waals surface area contributed by atoms with Gasteiger partial charge in [0.25, 0.3) is 0 Å². The molecule has 1 fully saturated rings. The van der Waals surface area contributed by atoms with Gasteiger partial charge in [-0.15, -0.1) is 0 Å². The Labute approximate surface area is 107 Å². The quantitative estimate of drug-likeness (QED) is 0.686. The second-order valence-corrected chi connectivity index (χ2v) is 5.10. The van der Waals surface area contributed by atoms with Crippen LogP contribution >= 0.6 is 0 Å². The van der Waals surface area contributed by atoms with Gasteiger partial charge in [-0.25, -0.2) is 0 Å². The number of aryl methyl sites for hydroxylation is 1. The molecule has 18 heavy (non-hydrogen) atoms. The maximum absolute atomic E-state index is 11.6. The van der Waals surface area contributed by atoms with Gasteiger partial charge in [-0.1, -0.05) is 12.1 Å². The van der Waals surface area contributed by atoms with Gasteiger partial charge in [-0.2, -0.15) is 0 Å². The van der Waals surface area contributed by atoms with Gasteiger partial charge in [0, 0.05) is 18.7 Å². The van der Waals surface area contributed by atoms with Gasteiger partial charge in [-0.05, 0) is 43.4 Å². The number of amides is 1. The number of carbonyl (C=O) groups is 1. The summed E-state index contributed by atoms with van der Waals surface area (Å²) in [6, 6.07) is 7.54. The summed E-state index contributed by atoms with van der Waals surface area (Å²) in [7, 11) is 0. The summed E-state index contributed by atoms with van der Waals surface area (Å²) in [4.78, 5) is 11.6. The van der Waals surface area contributed by atoms with Crippen molar-refractivity contribution in [2.75, 3.05) is 12.3 Å². The molecule has 4 heteroatoms. The van der Waals surface area contributed by atoms with Gasteiger partial charge < -0.3 is 16.2 Å². The number of aliphatic hydroxyl groups is 1. The average Bonchev–Trinajstić information content (AvgIpc) is 2.33. The molecule has 98 valence electrons. The number of nitrogens with two attached hydrogens (primary N) is 1. The highest BCUT2D eigenvalue weighted by atomic mass is 16.3. The molecule has 0 atom stereocenters. The van der Waals surface area contributed by atoms with Crippen LogP contribution in [0.3, 0.4) is 0 Å². The fourth-order valence-electron chi connectivity index (χ4n) is 2.06. The second kappa shape index (κ2) is 5.40. The van der Waals surface area contributed by atoms with Gasteiger partial charge in [0.05, 0.1) is 5.60 Å². The Hall–Kier alpha value is -1.55. The number of hydrogen-bond donors (Lipinski definition) is 3. The van der Waals surface area contributed by atoms with E-state index in [1.54, 1.807) is 0 Å². The number of nitrogen functional groups attached to an aromatic ring is 1. The second-order valence-electron chi connectivity index (χ2n) is 5.10. The van der Waals surface area contributed by atoms with Gasteiger partial charge in [0.1, 0.15) is 0 Å². The van der Waals surface area contributed by atoms with Crippen LogP contribution in [0, 0.1) is 0 Å². The monoisotopic (exact) mass is 248 g/mol. The fraction of sp³-hybridized carbons (Fsp3) is 0.500. The van der Waals surface area contributed by atoms with Crippen molar-refractivity contribution in [2.45, 2.75) is 37.7 Å². The lowest BCUT2D eigenvalue weighted by atomic mass is 9.80. The van der Waals surface area contributed by atoms with Crippen molar-refractivity contribution in [1.29, 1.82) is 0 Å². The van der Waals surface area contributed by atoms with Crippen LogP contribution in [0.5, 0.6) is 0 Å². The van der Waals surface area contributed by atoms with Crippen LogP contribution in [-0.4, -0.2) is 23.2 Å². The van der Waals surface area contributed by atoms with Gasteiger partial charge in [0.2, 0.25) is 5.91 Å². The van der Waals surface area contributed by atoms with Crippen molar-refractivity contribution >= 4 is 11.6 Å². The van der Waals surface area contributed by atoms with Crippen LogP contribution < -0.4 is 11.1 Å². The smallest absolute Gasteiger partial charge is 0.220 e. The van der Waals surface area contributed by atoms with E-state index in [4.69, 9.17) is 5.73 Å². The van der Waals surface area contributed by atoms with Crippen molar-refractivity contribution in [1.82, 2.24) is 5.32 Å². The third-order valence-corrected chi connectivity index (χ3v) is 3.52. The molecule has 4 nitrogen and oxygen atoms in total. The molecule has 1 aliphatic carbocycles. The first-order valence-electron chi connectivity index (χ1n) is 6.41. The average molecular weight is 248 g/mol. The Morgan fingerprint density at radius 1 is 1.33 bits per heavy atom. The fourth-order valence-corrected chi connectivity index (χ4v) is 2.06. The SMILES string of the molecule is Nc1ccc(CCC(=O)NCC2(O)CCC2)cc1. The zero-order valence-corrected chi connectivity index (χ0v) is 10.5. The van der Waals surface area contributed by atoms with Gasteiger partial charge in [0.15, 0.2) is 0 Å². The third-order valence-electron chi connectivity index (χ3n) is 3.52. The van der Waals surface area contributed by atoms with Crippen molar-refractivity contribution in [2.24, 2.45) is 0 Å². The Kier molecular flexibility index (Phi) is 3.87. The topological polar surface area (TPSA) is 75.4 Å². The minimum absolute atomic E-state index is 0.00727. The lowest BCUT2D eigenvalue weighted by Crippen LogP contribution is -2.47. The Bertz CT molecular complexity index is 410. The highest BCUT2D eigenvalue weighted by Crippen LogP contribution is 2.30. The molecule has 0 radical (unpaired) electrons. The lowest BCUT2D eigenvalue weighted by molar-refractivity contribution is -0.123. The van der Waals surface area contributed by atoms with Crippen molar-refractivity contribution < 1.29 is 9.90 Å². The summed E-state index contributed by atoms with van der Waals surface area (Å²) in [6.45, 7) is 0.383. The summed E-state index contributed by atoms with van der Waals surface area (Å²) in [5.41, 5.74) is 6.78. The standard InChI is InChI=1S/C14H20N2O2/c15-12-5-2-11(3-6-12)4-7-13(17)16-10-14(18)8-1-9-14/h2-3,5-6,18H,1,4,7-10,15H2,(H,16,17). The molecule has 1 aromatic rings. The number of hydrogen-bond acceptors (Lipinski definition) is 3. The first-order valence-corrected chi connectivity index (χ1v) is 6.41. The normalized spacial score (nSPS) is 16.9. The summed E-state index contributed by atoms with van der Waals surface area (Å²) in [5, 5.41) is 12.6. The van der Waals surface area contributed by atoms with Crippen LogP contribution in [0.1, 0.15) is 31.2 Å². The molecule has 0 unspecified atom stereocenters. The molecule has 1 aliphatic rings. The molecular weight excluding hydrogens is 228 g/mol. The number of nitrogens with one attached hydrogen (secondary N) is 1. The van der Waals surface area contributed by atoms with E-state index >= 15 is 0 Å². The zero-order chi connectivity index (χ0) is 13.0. The van der Waals surface area contributed by atoms with Crippen LogP contribution in [-0.2, 0) is 11.2 Å². The molecule has 1 saturated carbocycles. The summed E-state index contributed by atoms with van der Waals surface area (Å²) >= 11 is 0. The van der Waals surface area contributed by atoms with E-state index in [2.05, 4.69) is 5.32 Å². The number of rotatable bonds is 5. The molecule has 2 rings (SSSR count). The highest BCUT2D eigenvalue weighted by Gasteiger charge is 2.34. The Morgan fingerprint density at radius 2 is 2.00 bits per heavy atom. The molecule has 1 amide bonds. The molecule has 0 heterocycles. The van der Waals surface area contributed by atoms with E-state index in [1.165, 1.54) is 0 Å². The first-order chi connectivity index (χ1) is 8.57. The molecule has 0 spiro atoms. The largest absolute Gasteiger partial charge is 0.399 e. The summed E-state index contributed by atoms with van der Waals surface area (Å²) in [6.07, 6.45) is 3.79. The number of anilines is 1. The molecule has 1 aromatic carbocycles. The third kappa shape index (κ3) is 3.47.